The summed E-state index contributed by atoms with van der Waals surface area (Å²) in [6.45, 7) is -0.883. The van der Waals surface area contributed by atoms with Crippen LogP contribution in [0, 0.1) is 0 Å². The van der Waals surface area contributed by atoms with E-state index in [1.807, 2.05) is 0 Å². The molecular formula is C10H16F2N2O5. The van der Waals surface area contributed by atoms with Crippen LogP contribution in [0.4, 0.5) is 13.6 Å². The highest BCUT2D eigenvalue weighted by Crippen LogP contribution is 2.17. The first-order valence-corrected chi connectivity index (χ1v) is 5.73. The Hall–Kier alpha value is -1.48. The summed E-state index contributed by atoms with van der Waals surface area (Å²) in [6, 6.07) is -1.73. The van der Waals surface area contributed by atoms with Crippen LogP contribution >= 0.6 is 0 Å². The molecule has 0 aliphatic carbocycles. The lowest BCUT2D eigenvalue weighted by atomic mass is 10.2. The van der Waals surface area contributed by atoms with Crippen molar-refractivity contribution < 1.29 is 33.3 Å². The number of carboxylic acids is 1. The topological polar surface area (TPSA) is 99.1 Å². The molecule has 0 aromatic heterocycles. The number of hydrogen-bond donors (Lipinski definition) is 3. The Balaban J connectivity index is 2.30. The van der Waals surface area contributed by atoms with Crippen LogP contribution in [0.25, 0.3) is 0 Å². The molecular weight excluding hydrogens is 266 g/mol. The second-order valence-corrected chi connectivity index (χ2v) is 4.09. The van der Waals surface area contributed by atoms with E-state index in [0.29, 0.717) is 0 Å². The summed E-state index contributed by atoms with van der Waals surface area (Å²) in [6.07, 6.45) is -3.47. The standard InChI is InChI=1S/C10H16F2N2O5/c11-8(12)5-19-2-1-13-10(18)14-4-6(15)3-7(14)9(16)17/h6-8,15H,1-5H2,(H,13,18)(H,16,17)/t6-,7+/m1/s1. The summed E-state index contributed by atoms with van der Waals surface area (Å²) in [7, 11) is 0. The van der Waals surface area contributed by atoms with Gasteiger partial charge in [0.15, 0.2) is 0 Å². The number of carbonyl (C=O) groups is 2. The van der Waals surface area contributed by atoms with E-state index in [1.165, 1.54) is 0 Å². The average molecular weight is 282 g/mol. The van der Waals surface area contributed by atoms with Crippen molar-refractivity contribution in [2.75, 3.05) is 26.3 Å². The van der Waals surface area contributed by atoms with Crippen molar-refractivity contribution in [1.29, 1.82) is 0 Å². The predicted molar refractivity (Wildman–Crippen MR) is 59.0 cm³/mol. The number of aliphatic carboxylic acids is 1. The highest BCUT2D eigenvalue weighted by atomic mass is 19.3. The molecule has 7 nitrogen and oxygen atoms in total. The molecule has 1 saturated heterocycles. The average Bonchev–Trinajstić information content (AvgIpc) is 2.70. The van der Waals surface area contributed by atoms with Gasteiger partial charge in [-0.25, -0.2) is 18.4 Å². The largest absolute Gasteiger partial charge is 0.480 e. The lowest BCUT2D eigenvalue weighted by Gasteiger charge is -2.21. The van der Waals surface area contributed by atoms with E-state index in [9.17, 15) is 23.5 Å². The van der Waals surface area contributed by atoms with Crippen molar-refractivity contribution in [2.24, 2.45) is 0 Å². The van der Waals surface area contributed by atoms with E-state index in [2.05, 4.69) is 10.1 Å². The Labute approximate surface area is 108 Å². The summed E-state index contributed by atoms with van der Waals surface area (Å²) in [5.41, 5.74) is 0. The monoisotopic (exact) mass is 282 g/mol. The van der Waals surface area contributed by atoms with Crippen LogP contribution in [-0.2, 0) is 9.53 Å². The molecule has 19 heavy (non-hydrogen) atoms. The number of rotatable bonds is 6. The van der Waals surface area contributed by atoms with Crippen LogP contribution < -0.4 is 5.32 Å². The first-order valence-electron chi connectivity index (χ1n) is 5.73. The molecule has 2 amide bonds. The second kappa shape index (κ2) is 7.19. The third kappa shape index (κ3) is 4.95. The van der Waals surface area contributed by atoms with Gasteiger partial charge in [-0.15, -0.1) is 0 Å². The van der Waals surface area contributed by atoms with E-state index in [0.717, 1.165) is 4.90 Å². The minimum atomic E-state index is -2.57. The lowest BCUT2D eigenvalue weighted by Crippen LogP contribution is -2.47. The molecule has 9 heteroatoms. The van der Waals surface area contributed by atoms with Crippen molar-refractivity contribution >= 4 is 12.0 Å². The molecule has 1 fully saturated rings. The molecule has 0 spiro atoms. The zero-order chi connectivity index (χ0) is 14.4. The number of aliphatic hydroxyl groups excluding tert-OH is 1. The van der Waals surface area contributed by atoms with Gasteiger partial charge >= 0.3 is 12.0 Å². The number of carboxylic acid groups (broad SMARTS) is 1. The predicted octanol–water partition coefficient (Wildman–Crippen LogP) is -0.502. The van der Waals surface area contributed by atoms with E-state index in [-0.39, 0.29) is 26.1 Å². The third-order valence-corrected chi connectivity index (χ3v) is 2.59. The zero-order valence-corrected chi connectivity index (χ0v) is 10.1. The maximum atomic E-state index is 11.7. The Kier molecular flexibility index (Phi) is 5.90. The second-order valence-electron chi connectivity index (χ2n) is 4.09. The summed E-state index contributed by atoms with van der Waals surface area (Å²) >= 11 is 0. The maximum absolute atomic E-state index is 11.7. The fraction of sp³-hybridized carbons (Fsp3) is 0.800. The normalized spacial score (nSPS) is 22.8. The van der Waals surface area contributed by atoms with Crippen molar-refractivity contribution in [1.82, 2.24) is 10.2 Å². The van der Waals surface area contributed by atoms with Crippen molar-refractivity contribution in [3.63, 3.8) is 0 Å². The molecule has 0 saturated carbocycles. The minimum Gasteiger partial charge on any atom is -0.480 e. The number of aliphatic hydroxyl groups is 1. The van der Waals surface area contributed by atoms with Gasteiger partial charge in [0.1, 0.15) is 12.6 Å². The molecule has 0 aromatic rings. The highest BCUT2D eigenvalue weighted by Gasteiger charge is 2.38. The van der Waals surface area contributed by atoms with Crippen LogP contribution in [0.3, 0.4) is 0 Å². The molecule has 0 radical (unpaired) electrons. The maximum Gasteiger partial charge on any atom is 0.326 e. The van der Waals surface area contributed by atoms with Crippen molar-refractivity contribution in [3.8, 4) is 0 Å². The molecule has 0 bridgehead atoms. The lowest BCUT2D eigenvalue weighted by molar-refractivity contribution is -0.141. The summed E-state index contributed by atoms with van der Waals surface area (Å²) in [5.74, 6) is -1.19. The molecule has 0 aromatic carbocycles. The van der Waals surface area contributed by atoms with Crippen LogP contribution in [0.1, 0.15) is 6.42 Å². The smallest absolute Gasteiger partial charge is 0.326 e. The Morgan fingerprint density at radius 1 is 1.47 bits per heavy atom. The number of halogens is 2. The number of carbonyl (C=O) groups excluding carboxylic acids is 1. The van der Waals surface area contributed by atoms with Gasteiger partial charge in [-0.1, -0.05) is 0 Å². The SMILES string of the molecule is O=C(O)[C@@H]1C[C@@H](O)CN1C(=O)NCCOCC(F)F. The van der Waals surface area contributed by atoms with E-state index >= 15 is 0 Å². The summed E-state index contributed by atoms with van der Waals surface area (Å²) in [4.78, 5) is 23.5. The summed E-state index contributed by atoms with van der Waals surface area (Å²) < 4.78 is 28.0. The molecule has 1 rings (SSSR count). The number of hydrogen-bond acceptors (Lipinski definition) is 4. The number of β-amino-alcohol motifs (C(OH)–C–C–N with tert-alkyl or cyclic N) is 1. The number of nitrogens with one attached hydrogen (secondary N) is 1. The Bertz CT molecular complexity index is 329. The van der Waals surface area contributed by atoms with Crippen LogP contribution in [0.2, 0.25) is 0 Å². The van der Waals surface area contributed by atoms with Crippen LogP contribution in [-0.4, -0.2) is 72.0 Å². The highest BCUT2D eigenvalue weighted by molar-refractivity contribution is 5.83. The Morgan fingerprint density at radius 2 is 2.16 bits per heavy atom. The summed E-state index contributed by atoms with van der Waals surface area (Å²) in [5, 5.41) is 20.6. The van der Waals surface area contributed by atoms with E-state index < -0.39 is 37.2 Å². The molecule has 3 N–H and O–H groups in total. The Morgan fingerprint density at radius 3 is 2.74 bits per heavy atom. The number of alkyl halides is 2. The van der Waals surface area contributed by atoms with Gasteiger partial charge in [0.25, 0.3) is 6.43 Å². The van der Waals surface area contributed by atoms with E-state index in [4.69, 9.17) is 5.11 Å². The number of amides is 2. The number of ether oxygens (including phenoxy) is 1. The van der Waals surface area contributed by atoms with Crippen molar-refractivity contribution in [2.45, 2.75) is 25.0 Å². The fourth-order valence-corrected chi connectivity index (χ4v) is 1.78. The number of urea groups is 1. The molecule has 1 aliphatic rings. The number of likely N-dealkylation sites (tertiary alicyclic amines) is 1. The van der Waals surface area contributed by atoms with Gasteiger partial charge in [0.05, 0.1) is 12.7 Å². The first kappa shape index (κ1) is 15.6. The molecule has 110 valence electrons. The van der Waals surface area contributed by atoms with E-state index in [1.54, 1.807) is 0 Å². The van der Waals surface area contributed by atoms with Gasteiger partial charge in [0.2, 0.25) is 0 Å². The first-order chi connectivity index (χ1) is 8.91. The van der Waals surface area contributed by atoms with Gasteiger partial charge in [-0.2, -0.15) is 0 Å². The molecule has 1 aliphatic heterocycles. The fourth-order valence-electron chi connectivity index (χ4n) is 1.78. The quantitative estimate of drug-likeness (QED) is 0.570. The van der Waals surface area contributed by atoms with Gasteiger partial charge in [0, 0.05) is 19.5 Å². The third-order valence-electron chi connectivity index (χ3n) is 2.59. The van der Waals surface area contributed by atoms with Crippen molar-refractivity contribution in [3.05, 3.63) is 0 Å². The molecule has 1 heterocycles. The van der Waals surface area contributed by atoms with Gasteiger partial charge in [-0.3, -0.25) is 0 Å². The van der Waals surface area contributed by atoms with Gasteiger partial charge < -0.3 is 25.2 Å². The minimum absolute atomic E-state index is 0.00944. The van der Waals surface area contributed by atoms with Gasteiger partial charge in [-0.05, 0) is 0 Å². The van der Waals surface area contributed by atoms with Crippen LogP contribution in [0.5, 0.6) is 0 Å². The van der Waals surface area contributed by atoms with Crippen LogP contribution in [0.15, 0.2) is 0 Å². The number of nitrogens with zero attached hydrogens (tertiary/aromatic N) is 1. The zero-order valence-electron chi connectivity index (χ0n) is 10.1. The molecule has 2 atom stereocenters. The molecule has 0 unspecified atom stereocenters.